The highest BCUT2D eigenvalue weighted by atomic mass is 16.4. The van der Waals surface area contributed by atoms with Crippen LogP contribution in [0.25, 0.3) is 11.1 Å². The van der Waals surface area contributed by atoms with Crippen LogP contribution in [0.4, 0.5) is 0 Å². The predicted molar refractivity (Wildman–Crippen MR) is 77.2 cm³/mol. The van der Waals surface area contributed by atoms with Crippen LogP contribution in [0, 0.1) is 0 Å². The molecule has 0 aliphatic rings. The molecule has 0 heterocycles. The Morgan fingerprint density at radius 2 is 1.58 bits per heavy atom. The van der Waals surface area contributed by atoms with E-state index < -0.39 is 5.97 Å². The molecule has 2 rings (SSSR count). The molecule has 0 aliphatic heterocycles. The highest BCUT2D eigenvalue weighted by molar-refractivity contribution is 5.68. The second kappa shape index (κ2) is 6.19. The summed E-state index contributed by atoms with van der Waals surface area (Å²) in [6, 6.07) is 18.4. The van der Waals surface area contributed by atoms with Gasteiger partial charge in [-0.05, 0) is 29.0 Å². The predicted octanol–water partition coefficient (Wildman–Crippen LogP) is 4.32. The van der Waals surface area contributed by atoms with Crippen LogP contribution in [0.2, 0.25) is 0 Å². The van der Waals surface area contributed by atoms with Crippen LogP contribution >= 0.6 is 0 Å². The van der Waals surface area contributed by atoms with Crippen molar-refractivity contribution in [2.24, 2.45) is 0 Å². The SMILES string of the molecule is CCC(CC(=O)O)c1ccc(-c2ccccc2)cc1. The van der Waals surface area contributed by atoms with E-state index in [4.69, 9.17) is 5.11 Å². The number of benzene rings is 2. The maximum absolute atomic E-state index is 10.8. The first kappa shape index (κ1) is 13.3. The summed E-state index contributed by atoms with van der Waals surface area (Å²) in [7, 11) is 0. The van der Waals surface area contributed by atoms with Gasteiger partial charge in [0.25, 0.3) is 0 Å². The molecule has 0 radical (unpaired) electrons. The van der Waals surface area contributed by atoms with E-state index in [9.17, 15) is 4.79 Å². The summed E-state index contributed by atoms with van der Waals surface area (Å²) in [5.74, 6) is -0.638. The van der Waals surface area contributed by atoms with Crippen molar-refractivity contribution in [1.29, 1.82) is 0 Å². The largest absolute Gasteiger partial charge is 0.481 e. The minimum atomic E-state index is -0.737. The number of aliphatic carboxylic acids is 1. The summed E-state index contributed by atoms with van der Waals surface area (Å²) in [5, 5.41) is 8.91. The molecule has 2 nitrogen and oxygen atoms in total. The molecule has 1 N–H and O–H groups in total. The van der Waals surface area contributed by atoms with E-state index in [1.54, 1.807) is 0 Å². The number of carboxylic acid groups (broad SMARTS) is 1. The van der Waals surface area contributed by atoms with Gasteiger partial charge in [0, 0.05) is 0 Å². The lowest BCUT2D eigenvalue weighted by Gasteiger charge is -2.13. The third-order valence-corrected chi connectivity index (χ3v) is 3.40. The Labute approximate surface area is 113 Å². The van der Waals surface area contributed by atoms with Crippen LogP contribution < -0.4 is 0 Å². The van der Waals surface area contributed by atoms with Crippen molar-refractivity contribution in [1.82, 2.24) is 0 Å². The molecule has 1 unspecified atom stereocenters. The summed E-state index contributed by atoms with van der Waals surface area (Å²) in [5.41, 5.74) is 3.44. The maximum Gasteiger partial charge on any atom is 0.303 e. The lowest BCUT2D eigenvalue weighted by atomic mass is 9.92. The quantitative estimate of drug-likeness (QED) is 0.862. The Morgan fingerprint density at radius 3 is 2.11 bits per heavy atom. The van der Waals surface area contributed by atoms with Crippen molar-refractivity contribution in [2.75, 3.05) is 0 Å². The van der Waals surface area contributed by atoms with Gasteiger partial charge in [-0.1, -0.05) is 61.5 Å². The van der Waals surface area contributed by atoms with Crippen molar-refractivity contribution in [3.8, 4) is 11.1 Å². The molecular weight excluding hydrogens is 236 g/mol. The van der Waals surface area contributed by atoms with Crippen molar-refractivity contribution in [3.05, 3.63) is 60.2 Å². The summed E-state index contributed by atoms with van der Waals surface area (Å²) < 4.78 is 0. The van der Waals surface area contributed by atoms with E-state index in [-0.39, 0.29) is 12.3 Å². The minimum Gasteiger partial charge on any atom is -0.481 e. The molecule has 2 aromatic rings. The van der Waals surface area contributed by atoms with Crippen LogP contribution in [-0.2, 0) is 4.79 Å². The van der Waals surface area contributed by atoms with E-state index in [1.165, 1.54) is 5.56 Å². The van der Waals surface area contributed by atoms with Crippen molar-refractivity contribution < 1.29 is 9.90 Å². The zero-order valence-corrected chi connectivity index (χ0v) is 11.0. The molecule has 1 atom stereocenters. The first-order valence-corrected chi connectivity index (χ1v) is 6.58. The number of carbonyl (C=O) groups is 1. The van der Waals surface area contributed by atoms with Crippen molar-refractivity contribution >= 4 is 5.97 Å². The zero-order valence-electron chi connectivity index (χ0n) is 11.0. The van der Waals surface area contributed by atoms with E-state index in [0.717, 1.165) is 17.5 Å². The monoisotopic (exact) mass is 254 g/mol. The van der Waals surface area contributed by atoms with Gasteiger partial charge in [0.15, 0.2) is 0 Å². The minimum absolute atomic E-state index is 0.0994. The molecule has 0 saturated carbocycles. The molecule has 0 aromatic heterocycles. The third kappa shape index (κ3) is 3.44. The standard InChI is InChI=1S/C17H18O2/c1-2-13(12-17(18)19)15-8-10-16(11-9-15)14-6-4-3-5-7-14/h3-11,13H,2,12H2,1H3,(H,18,19). The van der Waals surface area contributed by atoms with E-state index in [1.807, 2.05) is 37.3 Å². The zero-order chi connectivity index (χ0) is 13.7. The lowest BCUT2D eigenvalue weighted by molar-refractivity contribution is -0.137. The van der Waals surface area contributed by atoms with Crippen LogP contribution in [0.15, 0.2) is 54.6 Å². The fourth-order valence-corrected chi connectivity index (χ4v) is 2.29. The molecule has 2 heteroatoms. The average molecular weight is 254 g/mol. The molecule has 0 amide bonds. The molecule has 98 valence electrons. The van der Waals surface area contributed by atoms with Crippen LogP contribution in [0.3, 0.4) is 0 Å². The highest BCUT2D eigenvalue weighted by Crippen LogP contribution is 2.26. The second-order valence-corrected chi connectivity index (χ2v) is 4.69. The molecule has 19 heavy (non-hydrogen) atoms. The first-order valence-electron chi connectivity index (χ1n) is 6.58. The van der Waals surface area contributed by atoms with Gasteiger partial charge in [-0.3, -0.25) is 4.79 Å². The molecule has 0 aliphatic carbocycles. The summed E-state index contributed by atoms with van der Waals surface area (Å²) in [6.45, 7) is 2.03. The molecule has 0 fully saturated rings. The molecule has 0 bridgehead atoms. The van der Waals surface area contributed by atoms with E-state index in [2.05, 4.69) is 24.3 Å². The molecule has 0 saturated heterocycles. The van der Waals surface area contributed by atoms with Crippen LogP contribution in [-0.4, -0.2) is 11.1 Å². The number of carboxylic acids is 1. The Morgan fingerprint density at radius 1 is 1.00 bits per heavy atom. The number of hydrogen-bond donors (Lipinski definition) is 1. The topological polar surface area (TPSA) is 37.3 Å². The Hall–Kier alpha value is -2.09. The van der Waals surface area contributed by atoms with E-state index in [0.29, 0.717) is 0 Å². The smallest absolute Gasteiger partial charge is 0.303 e. The third-order valence-electron chi connectivity index (χ3n) is 3.40. The summed E-state index contributed by atoms with van der Waals surface area (Å²) >= 11 is 0. The summed E-state index contributed by atoms with van der Waals surface area (Å²) in [4.78, 5) is 10.8. The van der Waals surface area contributed by atoms with Gasteiger partial charge in [-0.2, -0.15) is 0 Å². The highest BCUT2D eigenvalue weighted by Gasteiger charge is 2.13. The second-order valence-electron chi connectivity index (χ2n) is 4.69. The number of hydrogen-bond acceptors (Lipinski definition) is 1. The normalized spacial score (nSPS) is 12.1. The number of rotatable bonds is 5. The van der Waals surface area contributed by atoms with Gasteiger partial charge in [0.05, 0.1) is 6.42 Å². The maximum atomic E-state index is 10.8. The Balaban J connectivity index is 2.20. The lowest BCUT2D eigenvalue weighted by Crippen LogP contribution is -2.05. The average Bonchev–Trinajstić information content (AvgIpc) is 2.46. The summed E-state index contributed by atoms with van der Waals surface area (Å²) in [6.07, 6.45) is 1.04. The van der Waals surface area contributed by atoms with Crippen molar-refractivity contribution in [3.63, 3.8) is 0 Å². The van der Waals surface area contributed by atoms with Gasteiger partial charge < -0.3 is 5.11 Å². The molecule has 0 spiro atoms. The van der Waals surface area contributed by atoms with Gasteiger partial charge in [0.2, 0.25) is 0 Å². The van der Waals surface area contributed by atoms with Gasteiger partial charge in [-0.25, -0.2) is 0 Å². The van der Waals surface area contributed by atoms with Crippen LogP contribution in [0.5, 0.6) is 0 Å². The Bertz CT molecular complexity index is 529. The molecular formula is C17H18O2. The van der Waals surface area contributed by atoms with Crippen molar-refractivity contribution in [2.45, 2.75) is 25.7 Å². The fraction of sp³-hybridized carbons (Fsp3) is 0.235. The van der Waals surface area contributed by atoms with E-state index >= 15 is 0 Å². The fourth-order valence-electron chi connectivity index (χ4n) is 2.29. The van der Waals surface area contributed by atoms with Gasteiger partial charge >= 0.3 is 5.97 Å². The molecule has 2 aromatic carbocycles. The first-order chi connectivity index (χ1) is 9.20. The van der Waals surface area contributed by atoms with Gasteiger partial charge in [-0.15, -0.1) is 0 Å². The van der Waals surface area contributed by atoms with Gasteiger partial charge in [0.1, 0.15) is 0 Å². The Kier molecular flexibility index (Phi) is 4.35. The van der Waals surface area contributed by atoms with Crippen LogP contribution in [0.1, 0.15) is 31.2 Å².